The highest BCUT2D eigenvalue weighted by Crippen LogP contribution is 2.36. The molecule has 0 aliphatic carbocycles. The normalized spacial score (nSPS) is 15.2. The Morgan fingerprint density at radius 3 is 2.34 bits per heavy atom. The molecule has 6 heteroatoms. The molecular weight excluding hydrogens is 526 g/mol. The van der Waals surface area contributed by atoms with Gasteiger partial charge in [0.15, 0.2) is 0 Å². The molecule has 1 aliphatic rings. The Labute approximate surface area is 248 Å². The SMILES string of the molecule is CCCC(CCC)c1ccc(CN(C)c2ccc(-c3csc([C@@H]4Cc5ccccc5CN4CC(=O)[O-])n3)cc2)cc1. The van der Waals surface area contributed by atoms with Crippen molar-refractivity contribution in [3.63, 3.8) is 0 Å². The molecule has 0 N–H and O–H groups in total. The van der Waals surface area contributed by atoms with Crippen molar-refractivity contribution in [2.24, 2.45) is 0 Å². The van der Waals surface area contributed by atoms with E-state index >= 15 is 0 Å². The van der Waals surface area contributed by atoms with Crippen molar-refractivity contribution in [1.82, 2.24) is 9.88 Å². The molecule has 0 saturated carbocycles. The number of carboxylic acid groups (broad SMARTS) is 1. The second-order valence-electron chi connectivity index (χ2n) is 11.3. The maximum atomic E-state index is 11.5. The molecule has 0 saturated heterocycles. The number of fused-ring (bicyclic) bond motifs is 1. The van der Waals surface area contributed by atoms with E-state index in [2.05, 4.69) is 91.8 Å². The van der Waals surface area contributed by atoms with E-state index in [9.17, 15) is 9.90 Å². The molecular formula is C35H40N3O2S-. The summed E-state index contributed by atoms with van der Waals surface area (Å²) in [5, 5.41) is 14.5. The predicted octanol–water partition coefficient (Wildman–Crippen LogP) is 6.98. The van der Waals surface area contributed by atoms with E-state index in [-0.39, 0.29) is 12.6 Å². The highest BCUT2D eigenvalue weighted by molar-refractivity contribution is 7.10. The lowest BCUT2D eigenvalue weighted by Crippen LogP contribution is -2.42. The minimum Gasteiger partial charge on any atom is -0.549 e. The summed E-state index contributed by atoms with van der Waals surface area (Å²) in [5.41, 5.74) is 8.36. The van der Waals surface area contributed by atoms with Crippen LogP contribution in [0.1, 0.15) is 78.8 Å². The average molecular weight is 567 g/mol. The van der Waals surface area contributed by atoms with E-state index in [0.717, 1.165) is 34.9 Å². The summed E-state index contributed by atoms with van der Waals surface area (Å²) in [4.78, 5) is 20.7. The van der Waals surface area contributed by atoms with E-state index < -0.39 is 5.97 Å². The minimum absolute atomic E-state index is 0.0717. The number of rotatable bonds is 12. The molecule has 0 bridgehead atoms. The van der Waals surface area contributed by atoms with Gasteiger partial charge in [-0.25, -0.2) is 4.98 Å². The first-order valence-corrected chi connectivity index (χ1v) is 15.7. The third-order valence-electron chi connectivity index (χ3n) is 8.23. The van der Waals surface area contributed by atoms with Crippen molar-refractivity contribution < 1.29 is 9.90 Å². The molecule has 1 aliphatic heterocycles. The van der Waals surface area contributed by atoms with Crippen LogP contribution in [0, 0.1) is 0 Å². The maximum Gasteiger partial charge on any atom is 0.111 e. The summed E-state index contributed by atoms with van der Waals surface area (Å²) in [5.74, 6) is -0.388. The number of carbonyl (C=O) groups is 1. The number of carbonyl (C=O) groups excluding carboxylic acids is 1. The summed E-state index contributed by atoms with van der Waals surface area (Å²) >= 11 is 1.60. The van der Waals surface area contributed by atoms with Gasteiger partial charge >= 0.3 is 0 Å². The van der Waals surface area contributed by atoms with Gasteiger partial charge in [0.25, 0.3) is 0 Å². The van der Waals surface area contributed by atoms with Crippen LogP contribution in [0.15, 0.2) is 78.2 Å². The van der Waals surface area contributed by atoms with Crippen LogP contribution in [0.2, 0.25) is 0 Å². The molecule has 4 aromatic rings. The summed E-state index contributed by atoms with van der Waals surface area (Å²) in [6.07, 6.45) is 5.71. The summed E-state index contributed by atoms with van der Waals surface area (Å²) in [6, 6.07) is 25.9. The van der Waals surface area contributed by atoms with Gasteiger partial charge in [0, 0.05) is 43.3 Å². The topological polar surface area (TPSA) is 59.5 Å². The molecule has 0 radical (unpaired) electrons. The molecule has 1 atom stereocenters. The predicted molar refractivity (Wildman–Crippen MR) is 167 cm³/mol. The molecule has 0 fully saturated rings. The van der Waals surface area contributed by atoms with E-state index in [1.165, 1.54) is 47.9 Å². The summed E-state index contributed by atoms with van der Waals surface area (Å²) in [6.45, 7) is 5.88. The third kappa shape index (κ3) is 7.06. The van der Waals surface area contributed by atoms with Crippen LogP contribution in [-0.2, 0) is 24.3 Å². The Hall–Kier alpha value is -3.48. The van der Waals surface area contributed by atoms with Crippen LogP contribution < -0.4 is 10.0 Å². The second-order valence-corrected chi connectivity index (χ2v) is 12.1. The quantitative estimate of drug-likeness (QED) is 0.185. The van der Waals surface area contributed by atoms with Crippen LogP contribution in [0.25, 0.3) is 11.3 Å². The first-order valence-electron chi connectivity index (χ1n) is 14.8. The van der Waals surface area contributed by atoms with Gasteiger partial charge in [-0.3, -0.25) is 4.90 Å². The van der Waals surface area contributed by atoms with Gasteiger partial charge in [0.2, 0.25) is 0 Å². The first-order chi connectivity index (χ1) is 19.9. The van der Waals surface area contributed by atoms with Gasteiger partial charge in [-0.15, -0.1) is 11.3 Å². The number of hydrogen-bond donors (Lipinski definition) is 0. The van der Waals surface area contributed by atoms with Crippen LogP contribution in [0.3, 0.4) is 0 Å². The smallest absolute Gasteiger partial charge is 0.111 e. The standard InChI is InChI=1S/C35H41N3O2S/c1-4-8-26(9-5-2)27-14-12-25(13-15-27)21-37(3)31-18-16-28(17-19-31)32-24-41-35(36-32)33-20-29-10-6-7-11-30(29)22-38(33)23-34(39)40/h6-7,10-19,24,26,33H,4-5,8-9,20-23H2,1-3H3,(H,39,40)/p-1/t33-/m0/s1. The van der Waals surface area contributed by atoms with Crippen LogP contribution in [-0.4, -0.2) is 29.4 Å². The lowest BCUT2D eigenvalue weighted by atomic mass is 9.90. The fourth-order valence-corrected chi connectivity index (χ4v) is 7.01. The van der Waals surface area contributed by atoms with Crippen LogP contribution >= 0.6 is 11.3 Å². The highest BCUT2D eigenvalue weighted by atomic mass is 32.1. The van der Waals surface area contributed by atoms with E-state index in [1.807, 2.05) is 17.0 Å². The molecule has 0 unspecified atom stereocenters. The molecule has 5 rings (SSSR count). The van der Waals surface area contributed by atoms with Gasteiger partial charge in [0.05, 0.1) is 17.7 Å². The van der Waals surface area contributed by atoms with Gasteiger partial charge in [-0.1, -0.05) is 87.4 Å². The van der Waals surface area contributed by atoms with Crippen molar-refractivity contribution in [3.8, 4) is 11.3 Å². The van der Waals surface area contributed by atoms with E-state index in [1.54, 1.807) is 11.3 Å². The lowest BCUT2D eigenvalue weighted by Gasteiger charge is -2.36. The molecule has 214 valence electrons. The van der Waals surface area contributed by atoms with Gasteiger partial charge in [-0.05, 0) is 59.6 Å². The summed E-state index contributed by atoms with van der Waals surface area (Å²) in [7, 11) is 2.13. The molecule has 0 amide bonds. The van der Waals surface area contributed by atoms with Crippen LogP contribution in [0.4, 0.5) is 5.69 Å². The Bertz CT molecular complexity index is 1420. The van der Waals surface area contributed by atoms with Crippen molar-refractivity contribution in [2.45, 2.75) is 71.0 Å². The summed E-state index contributed by atoms with van der Waals surface area (Å²) < 4.78 is 0. The Morgan fingerprint density at radius 1 is 1.00 bits per heavy atom. The fraction of sp³-hybridized carbons (Fsp3) is 0.371. The number of carboxylic acids is 1. The number of nitrogens with zero attached hydrogens (tertiary/aromatic N) is 3. The number of aliphatic carboxylic acids is 1. The molecule has 3 aromatic carbocycles. The van der Waals surface area contributed by atoms with Gasteiger partial charge < -0.3 is 14.8 Å². The average Bonchev–Trinajstić information content (AvgIpc) is 3.47. The van der Waals surface area contributed by atoms with Crippen molar-refractivity contribution in [1.29, 1.82) is 0 Å². The Morgan fingerprint density at radius 2 is 1.68 bits per heavy atom. The van der Waals surface area contributed by atoms with Gasteiger partial charge in [-0.2, -0.15) is 0 Å². The highest BCUT2D eigenvalue weighted by Gasteiger charge is 2.29. The lowest BCUT2D eigenvalue weighted by molar-refractivity contribution is -0.307. The minimum atomic E-state index is -1.06. The molecule has 2 heterocycles. The number of benzene rings is 3. The molecule has 5 nitrogen and oxygen atoms in total. The number of aromatic nitrogens is 1. The molecule has 1 aromatic heterocycles. The Balaban J connectivity index is 1.26. The zero-order valence-electron chi connectivity index (χ0n) is 24.4. The third-order valence-corrected chi connectivity index (χ3v) is 9.18. The van der Waals surface area contributed by atoms with E-state index in [4.69, 9.17) is 4.98 Å². The van der Waals surface area contributed by atoms with Crippen LogP contribution in [0.5, 0.6) is 0 Å². The zero-order valence-corrected chi connectivity index (χ0v) is 25.2. The van der Waals surface area contributed by atoms with E-state index in [0.29, 0.717) is 12.5 Å². The molecule has 41 heavy (non-hydrogen) atoms. The van der Waals surface area contributed by atoms with Crippen molar-refractivity contribution in [3.05, 3.63) is 105 Å². The number of thiazole rings is 1. The fourth-order valence-electron chi connectivity index (χ4n) is 6.05. The number of anilines is 1. The second kappa shape index (κ2) is 13.5. The van der Waals surface area contributed by atoms with Gasteiger partial charge in [0.1, 0.15) is 5.01 Å². The largest absolute Gasteiger partial charge is 0.549 e. The monoisotopic (exact) mass is 566 g/mol. The van der Waals surface area contributed by atoms with Crippen molar-refractivity contribution >= 4 is 23.0 Å². The van der Waals surface area contributed by atoms with Crippen molar-refractivity contribution in [2.75, 3.05) is 18.5 Å². The maximum absolute atomic E-state index is 11.5. The Kier molecular flexibility index (Phi) is 9.53. The molecule has 0 spiro atoms. The first kappa shape index (κ1) is 29.0. The zero-order chi connectivity index (χ0) is 28.8. The number of hydrogen-bond acceptors (Lipinski definition) is 6.